The molecule has 0 saturated carbocycles. The molecular weight excluding hydrogens is 192 g/mol. The van der Waals surface area contributed by atoms with Gasteiger partial charge in [-0.2, -0.15) is 0 Å². The zero-order valence-corrected chi connectivity index (χ0v) is 8.62. The lowest BCUT2D eigenvalue weighted by Crippen LogP contribution is -1.88. The predicted octanol–water partition coefficient (Wildman–Crippen LogP) is 4.61. The molecule has 5 aromatic carbocycles. The van der Waals surface area contributed by atoms with E-state index in [0.29, 0.717) is 0 Å². The van der Waals surface area contributed by atoms with Gasteiger partial charge in [0.05, 0.1) is 0 Å². The molecule has 0 aliphatic heterocycles. The van der Waals surface area contributed by atoms with Crippen LogP contribution in [0.15, 0.2) is 48.5 Å². The Hall–Kier alpha value is -2.08. The maximum absolute atomic E-state index is 2.24. The summed E-state index contributed by atoms with van der Waals surface area (Å²) in [7, 11) is 0. The highest BCUT2D eigenvalue weighted by Crippen LogP contribution is 2.41. The lowest BCUT2D eigenvalue weighted by molar-refractivity contribution is 1.80. The molecule has 72 valence electrons. The Kier molecular flexibility index (Phi) is 0.927. The molecule has 0 saturated heterocycles. The molecule has 0 unspecified atom stereocenters. The maximum atomic E-state index is 2.24. The Morgan fingerprint density at radius 2 is 0.375 bits per heavy atom. The molecule has 0 aliphatic rings. The lowest BCUT2D eigenvalue weighted by Gasteiger charge is -2.16. The summed E-state index contributed by atoms with van der Waals surface area (Å²) in [6.07, 6.45) is 0. The van der Waals surface area contributed by atoms with Crippen molar-refractivity contribution in [3.05, 3.63) is 48.5 Å². The van der Waals surface area contributed by atoms with Crippen LogP contribution in [0, 0.1) is 0 Å². The third kappa shape index (κ3) is 0.570. The van der Waals surface area contributed by atoms with Crippen LogP contribution in [0.1, 0.15) is 0 Å². The molecule has 0 spiro atoms. The van der Waals surface area contributed by atoms with Crippen LogP contribution in [0.4, 0.5) is 0 Å². The summed E-state index contributed by atoms with van der Waals surface area (Å²) in [5.41, 5.74) is 0. The van der Waals surface area contributed by atoms with Gasteiger partial charge in [-0.15, -0.1) is 0 Å². The first-order valence-corrected chi connectivity index (χ1v) is 5.64. The van der Waals surface area contributed by atoms with E-state index in [-0.39, 0.29) is 0 Å². The fourth-order valence-corrected chi connectivity index (χ4v) is 2.88. The molecule has 0 fully saturated rings. The summed E-state index contributed by atoms with van der Waals surface area (Å²) < 4.78 is 0. The quantitative estimate of drug-likeness (QED) is 0.342. The van der Waals surface area contributed by atoms with Crippen LogP contribution in [0.5, 0.6) is 0 Å². The van der Waals surface area contributed by atoms with Gasteiger partial charge in [0.1, 0.15) is 0 Å². The highest BCUT2D eigenvalue weighted by Gasteiger charge is 2.13. The largest absolute Gasteiger partial charge is 0.0531 e. The van der Waals surface area contributed by atoms with E-state index in [1.807, 2.05) is 0 Å². The summed E-state index contributed by atoms with van der Waals surface area (Å²) in [5.74, 6) is 0. The average Bonchev–Trinajstić information content (AvgIpc) is 2.17. The van der Waals surface area contributed by atoms with Crippen LogP contribution in [0.2, 0.25) is 0 Å². The van der Waals surface area contributed by atoms with Gasteiger partial charge >= 0.3 is 0 Å². The van der Waals surface area contributed by atoms with E-state index in [0.717, 1.165) is 0 Å². The van der Waals surface area contributed by atoms with Crippen molar-refractivity contribution in [2.45, 2.75) is 0 Å². The van der Waals surface area contributed by atoms with E-state index in [4.69, 9.17) is 0 Å². The third-order valence-electron chi connectivity index (χ3n) is 3.99. The minimum Gasteiger partial charge on any atom is -0.0531 e. The zero-order chi connectivity index (χ0) is 10.3. The standard InChI is InChI=1S/C16H8/c1-2-10-9(1)11-3-4-13(11)15-7-8-16(15)14-6-5-12(10)14/h1-8H. The molecule has 5 rings (SSSR count). The fraction of sp³-hybridized carbons (Fsp3) is 0. The molecule has 0 heteroatoms. The second kappa shape index (κ2) is 2.05. The summed E-state index contributed by atoms with van der Waals surface area (Å²) in [4.78, 5) is 0. The minimum absolute atomic E-state index is 1.43. The van der Waals surface area contributed by atoms with Crippen LogP contribution < -0.4 is 0 Å². The monoisotopic (exact) mass is 200 g/mol. The first-order chi connectivity index (χ1) is 7.93. The molecule has 5 aromatic rings. The second-order valence-electron chi connectivity index (χ2n) is 4.64. The molecule has 0 nitrogen and oxygen atoms in total. The van der Waals surface area contributed by atoms with Crippen molar-refractivity contribution in [2.24, 2.45) is 0 Å². The Morgan fingerprint density at radius 3 is 0.438 bits per heavy atom. The van der Waals surface area contributed by atoms with Crippen molar-refractivity contribution in [1.29, 1.82) is 0 Å². The first-order valence-electron chi connectivity index (χ1n) is 5.64. The molecular formula is C16H8. The van der Waals surface area contributed by atoms with Crippen molar-refractivity contribution in [3.63, 3.8) is 0 Å². The zero-order valence-electron chi connectivity index (χ0n) is 8.62. The molecule has 0 aliphatic carbocycles. The molecule has 0 bridgehead atoms. The first kappa shape index (κ1) is 7.24. The molecule has 0 heterocycles. The molecule has 0 aromatic heterocycles. The Balaban J connectivity index is 2.26. The number of hydrogen-bond donors (Lipinski definition) is 0. The smallest absolute Gasteiger partial charge is 0.00987 e. The van der Waals surface area contributed by atoms with Crippen LogP contribution in [-0.2, 0) is 0 Å². The van der Waals surface area contributed by atoms with Gasteiger partial charge in [-0.3, -0.25) is 0 Å². The van der Waals surface area contributed by atoms with E-state index in [1.54, 1.807) is 0 Å². The van der Waals surface area contributed by atoms with Gasteiger partial charge in [0, 0.05) is 0 Å². The van der Waals surface area contributed by atoms with Crippen molar-refractivity contribution >= 4 is 43.1 Å². The van der Waals surface area contributed by atoms with E-state index in [1.165, 1.54) is 43.1 Å². The summed E-state index contributed by atoms with van der Waals surface area (Å²) in [5, 5.41) is 11.5. The van der Waals surface area contributed by atoms with Gasteiger partial charge in [0.2, 0.25) is 0 Å². The third-order valence-corrected chi connectivity index (χ3v) is 3.99. The van der Waals surface area contributed by atoms with Crippen molar-refractivity contribution in [3.8, 4) is 0 Å². The van der Waals surface area contributed by atoms with E-state index < -0.39 is 0 Å². The minimum atomic E-state index is 1.43. The van der Waals surface area contributed by atoms with Crippen LogP contribution in [0.25, 0.3) is 43.1 Å². The van der Waals surface area contributed by atoms with Crippen molar-refractivity contribution < 1.29 is 0 Å². The van der Waals surface area contributed by atoms with Crippen LogP contribution >= 0.6 is 0 Å². The maximum Gasteiger partial charge on any atom is -0.00987 e. The van der Waals surface area contributed by atoms with Gasteiger partial charge in [-0.05, 0) is 43.1 Å². The van der Waals surface area contributed by atoms with Crippen LogP contribution in [0.3, 0.4) is 0 Å². The highest BCUT2D eigenvalue weighted by molar-refractivity contribution is 6.30. The normalized spacial score (nSPS) is 13.0. The van der Waals surface area contributed by atoms with Gasteiger partial charge < -0.3 is 0 Å². The Labute approximate surface area is 92.1 Å². The molecule has 0 atom stereocenters. The number of fused-ring (bicyclic) bond motifs is 8. The predicted molar refractivity (Wildman–Crippen MR) is 70.0 cm³/mol. The van der Waals surface area contributed by atoms with Crippen molar-refractivity contribution in [2.75, 3.05) is 0 Å². The molecule has 0 N–H and O–H groups in total. The summed E-state index contributed by atoms with van der Waals surface area (Å²) in [6, 6.07) is 17.9. The van der Waals surface area contributed by atoms with Crippen molar-refractivity contribution in [1.82, 2.24) is 0 Å². The Morgan fingerprint density at radius 1 is 0.250 bits per heavy atom. The summed E-state index contributed by atoms with van der Waals surface area (Å²) in [6.45, 7) is 0. The SMILES string of the molecule is c1cc2c1c1ccc1c1ccc1c1ccc21. The van der Waals surface area contributed by atoms with Gasteiger partial charge in [0.15, 0.2) is 0 Å². The Bertz CT molecular complexity index is 657. The highest BCUT2D eigenvalue weighted by atomic mass is 14.2. The molecule has 0 amide bonds. The van der Waals surface area contributed by atoms with Gasteiger partial charge in [0.25, 0.3) is 0 Å². The average molecular weight is 200 g/mol. The summed E-state index contributed by atoms with van der Waals surface area (Å²) >= 11 is 0. The topological polar surface area (TPSA) is 0 Å². The number of rotatable bonds is 0. The second-order valence-corrected chi connectivity index (χ2v) is 4.64. The molecule has 16 heavy (non-hydrogen) atoms. The number of hydrogen-bond acceptors (Lipinski definition) is 0. The lowest BCUT2D eigenvalue weighted by atomic mass is 9.88. The van der Waals surface area contributed by atoms with E-state index >= 15 is 0 Å². The van der Waals surface area contributed by atoms with Gasteiger partial charge in [-0.1, -0.05) is 48.5 Å². The molecule has 0 radical (unpaired) electrons. The van der Waals surface area contributed by atoms with E-state index in [2.05, 4.69) is 48.5 Å². The van der Waals surface area contributed by atoms with Crippen LogP contribution in [-0.4, -0.2) is 0 Å². The van der Waals surface area contributed by atoms with E-state index in [9.17, 15) is 0 Å². The fourth-order valence-electron chi connectivity index (χ4n) is 2.88. The van der Waals surface area contributed by atoms with Gasteiger partial charge in [-0.25, -0.2) is 0 Å².